The molecule has 0 saturated carbocycles. The first-order chi connectivity index (χ1) is 12.9. The number of guanidine groups is 1. The van der Waals surface area contributed by atoms with Crippen molar-refractivity contribution < 1.29 is 13.2 Å². The van der Waals surface area contributed by atoms with Gasteiger partial charge in [-0.2, -0.15) is 18.3 Å². The lowest BCUT2D eigenvalue weighted by atomic mass is 10.2. The number of aliphatic imine (C=N–C) groups is 1. The molecule has 0 unspecified atom stereocenters. The van der Waals surface area contributed by atoms with E-state index >= 15 is 0 Å². The van der Waals surface area contributed by atoms with E-state index in [1.165, 1.54) is 0 Å². The molecule has 0 atom stereocenters. The summed E-state index contributed by atoms with van der Waals surface area (Å²) < 4.78 is 38.4. The van der Waals surface area contributed by atoms with Crippen molar-refractivity contribution in [3.8, 4) is 5.69 Å². The third-order valence-corrected chi connectivity index (χ3v) is 3.90. The lowest BCUT2D eigenvalue weighted by Crippen LogP contribution is -2.38. The predicted octanol–water partition coefficient (Wildman–Crippen LogP) is 4.00. The van der Waals surface area contributed by atoms with Crippen LogP contribution in [-0.4, -0.2) is 47.0 Å². The average Bonchev–Trinajstić information content (AvgIpc) is 3.09. The van der Waals surface area contributed by atoms with Crippen molar-refractivity contribution in [2.24, 2.45) is 4.99 Å². The molecule has 1 N–H and O–H groups in total. The summed E-state index contributed by atoms with van der Waals surface area (Å²) in [6.45, 7) is 3.61. The minimum Gasteiger partial charge on any atom is -0.357 e. The van der Waals surface area contributed by atoms with Crippen molar-refractivity contribution in [2.45, 2.75) is 38.9 Å². The molecule has 1 heterocycles. The van der Waals surface area contributed by atoms with E-state index in [1.807, 2.05) is 60.1 Å². The SMILES string of the molecule is CCNC(=NCCCCC(F)(F)F)N(C)Cc1cnn(-c2ccccc2)c1. The van der Waals surface area contributed by atoms with Crippen molar-refractivity contribution >= 4 is 5.96 Å². The van der Waals surface area contributed by atoms with Crippen LogP contribution in [0.25, 0.3) is 5.69 Å². The van der Waals surface area contributed by atoms with Gasteiger partial charge in [0.1, 0.15) is 0 Å². The van der Waals surface area contributed by atoms with Crippen LogP contribution in [0.3, 0.4) is 0 Å². The van der Waals surface area contributed by atoms with Crippen molar-refractivity contribution in [1.82, 2.24) is 20.0 Å². The Morgan fingerprint density at radius 1 is 1.22 bits per heavy atom. The van der Waals surface area contributed by atoms with Crippen molar-refractivity contribution in [1.29, 1.82) is 0 Å². The van der Waals surface area contributed by atoms with Gasteiger partial charge in [0.05, 0.1) is 11.9 Å². The summed E-state index contributed by atoms with van der Waals surface area (Å²) in [5, 5.41) is 7.55. The highest BCUT2D eigenvalue weighted by Crippen LogP contribution is 2.22. The Bertz CT molecular complexity index is 710. The number of alkyl halides is 3. The number of hydrogen-bond acceptors (Lipinski definition) is 2. The van der Waals surface area contributed by atoms with E-state index in [9.17, 15) is 13.2 Å². The smallest absolute Gasteiger partial charge is 0.357 e. The minimum atomic E-state index is -4.09. The van der Waals surface area contributed by atoms with E-state index < -0.39 is 12.6 Å². The van der Waals surface area contributed by atoms with E-state index in [-0.39, 0.29) is 6.42 Å². The van der Waals surface area contributed by atoms with E-state index in [1.54, 1.807) is 6.20 Å². The molecule has 5 nitrogen and oxygen atoms in total. The second-order valence-corrected chi connectivity index (χ2v) is 6.29. The van der Waals surface area contributed by atoms with Gasteiger partial charge in [0.25, 0.3) is 0 Å². The summed E-state index contributed by atoms with van der Waals surface area (Å²) >= 11 is 0. The highest BCUT2D eigenvalue weighted by molar-refractivity contribution is 5.79. The van der Waals surface area contributed by atoms with Crippen LogP contribution < -0.4 is 5.32 Å². The number of nitrogens with one attached hydrogen (secondary N) is 1. The number of rotatable bonds is 8. The Morgan fingerprint density at radius 2 is 1.96 bits per heavy atom. The monoisotopic (exact) mass is 381 g/mol. The summed E-state index contributed by atoms with van der Waals surface area (Å²) in [6.07, 6.45) is -0.583. The van der Waals surface area contributed by atoms with Crippen molar-refractivity contribution in [2.75, 3.05) is 20.1 Å². The fraction of sp³-hybridized carbons (Fsp3) is 0.474. The molecule has 1 aromatic carbocycles. The van der Waals surface area contributed by atoms with Crippen LogP contribution in [-0.2, 0) is 6.54 Å². The minimum absolute atomic E-state index is 0.0972. The van der Waals surface area contributed by atoms with Gasteiger partial charge >= 0.3 is 6.18 Å². The van der Waals surface area contributed by atoms with Crippen LogP contribution in [0, 0.1) is 0 Å². The van der Waals surface area contributed by atoms with Gasteiger partial charge < -0.3 is 10.2 Å². The Labute approximate surface area is 157 Å². The fourth-order valence-electron chi connectivity index (χ4n) is 2.60. The number of halogens is 3. The molecule has 8 heteroatoms. The molecule has 1 aromatic heterocycles. The normalized spacial score (nSPS) is 12.3. The first-order valence-corrected chi connectivity index (χ1v) is 9.04. The van der Waals surface area contributed by atoms with Gasteiger partial charge in [-0.3, -0.25) is 4.99 Å². The quantitative estimate of drug-likeness (QED) is 0.427. The molecule has 148 valence electrons. The maximum Gasteiger partial charge on any atom is 0.389 e. The highest BCUT2D eigenvalue weighted by atomic mass is 19.4. The summed E-state index contributed by atoms with van der Waals surface area (Å²) in [4.78, 5) is 6.38. The Morgan fingerprint density at radius 3 is 2.63 bits per heavy atom. The molecule has 2 aromatic rings. The number of para-hydroxylation sites is 1. The Kier molecular flexibility index (Phi) is 7.69. The van der Waals surface area contributed by atoms with Crippen molar-refractivity contribution in [3.05, 3.63) is 48.3 Å². The van der Waals surface area contributed by atoms with Crippen LogP contribution >= 0.6 is 0 Å². The van der Waals surface area contributed by atoms with E-state index in [0.29, 0.717) is 32.0 Å². The number of unbranched alkanes of at least 4 members (excludes halogenated alkanes) is 1. The van der Waals surface area contributed by atoms with Crippen LogP contribution in [0.15, 0.2) is 47.7 Å². The standard InChI is InChI=1S/C19H26F3N5/c1-3-23-18(24-12-8-7-11-19(20,21)22)26(2)14-16-13-25-27(15-16)17-9-5-4-6-10-17/h4-6,9-10,13,15H,3,7-8,11-12,14H2,1-2H3,(H,23,24). The summed E-state index contributed by atoms with van der Waals surface area (Å²) in [5.74, 6) is 0.678. The molecule has 0 spiro atoms. The maximum absolute atomic E-state index is 12.2. The maximum atomic E-state index is 12.2. The third kappa shape index (κ3) is 7.32. The lowest BCUT2D eigenvalue weighted by molar-refractivity contribution is -0.135. The summed E-state index contributed by atoms with van der Waals surface area (Å²) in [7, 11) is 1.90. The van der Waals surface area contributed by atoms with E-state index in [2.05, 4.69) is 15.4 Å². The van der Waals surface area contributed by atoms with Crippen molar-refractivity contribution in [3.63, 3.8) is 0 Å². The molecule has 0 aliphatic carbocycles. The molecule has 2 rings (SSSR count). The summed E-state index contributed by atoms with van der Waals surface area (Å²) in [6, 6.07) is 9.82. The van der Waals surface area contributed by atoms with Gasteiger partial charge in [-0.15, -0.1) is 0 Å². The van der Waals surface area contributed by atoms with Crippen LogP contribution in [0.4, 0.5) is 13.2 Å². The zero-order chi connectivity index (χ0) is 19.7. The molecule has 0 radical (unpaired) electrons. The molecule has 0 fully saturated rings. The molecule has 0 saturated heterocycles. The molecule has 27 heavy (non-hydrogen) atoms. The predicted molar refractivity (Wildman–Crippen MR) is 101 cm³/mol. The van der Waals surface area contributed by atoms with Gasteiger partial charge in [0.2, 0.25) is 0 Å². The molecule has 0 aliphatic rings. The van der Waals surface area contributed by atoms with Gasteiger partial charge in [0.15, 0.2) is 5.96 Å². The average molecular weight is 381 g/mol. The molecule has 0 bridgehead atoms. The molecular formula is C19H26F3N5. The zero-order valence-corrected chi connectivity index (χ0v) is 15.7. The largest absolute Gasteiger partial charge is 0.389 e. The fourth-order valence-corrected chi connectivity index (χ4v) is 2.60. The van der Waals surface area contributed by atoms with Crippen LogP contribution in [0.2, 0.25) is 0 Å². The van der Waals surface area contributed by atoms with Crippen LogP contribution in [0.5, 0.6) is 0 Å². The van der Waals surface area contributed by atoms with Gasteiger partial charge in [-0.05, 0) is 31.9 Å². The molecule has 0 amide bonds. The Balaban J connectivity index is 1.91. The first-order valence-electron chi connectivity index (χ1n) is 9.04. The number of hydrogen-bond donors (Lipinski definition) is 1. The van der Waals surface area contributed by atoms with E-state index in [4.69, 9.17) is 0 Å². The van der Waals surface area contributed by atoms with E-state index in [0.717, 1.165) is 11.3 Å². The van der Waals surface area contributed by atoms with Gasteiger partial charge in [-0.25, -0.2) is 4.68 Å². The topological polar surface area (TPSA) is 45.5 Å². The second kappa shape index (κ2) is 9.99. The molecule has 0 aliphatic heterocycles. The molecular weight excluding hydrogens is 355 g/mol. The Hall–Kier alpha value is -2.51. The number of nitrogens with zero attached hydrogens (tertiary/aromatic N) is 4. The lowest BCUT2D eigenvalue weighted by Gasteiger charge is -2.21. The van der Waals surface area contributed by atoms with Gasteiger partial charge in [-0.1, -0.05) is 18.2 Å². The van der Waals surface area contributed by atoms with Gasteiger partial charge in [0, 0.05) is 44.9 Å². The number of aromatic nitrogens is 2. The third-order valence-electron chi connectivity index (χ3n) is 3.90. The second-order valence-electron chi connectivity index (χ2n) is 6.29. The van der Waals surface area contributed by atoms with Crippen LogP contribution in [0.1, 0.15) is 31.7 Å². The first kappa shape index (κ1) is 20.8. The number of benzene rings is 1. The zero-order valence-electron chi connectivity index (χ0n) is 15.7. The summed E-state index contributed by atoms with van der Waals surface area (Å²) in [5.41, 5.74) is 2.00. The highest BCUT2D eigenvalue weighted by Gasteiger charge is 2.25.